The Morgan fingerprint density at radius 2 is 1.88 bits per heavy atom. The predicted octanol–water partition coefficient (Wildman–Crippen LogP) is 1.96. The summed E-state index contributed by atoms with van der Waals surface area (Å²) >= 11 is 0. The smallest absolute Gasteiger partial charge is 0.220 e. The van der Waals surface area contributed by atoms with Crippen molar-refractivity contribution in [3.05, 3.63) is 0 Å². The lowest BCUT2D eigenvalue weighted by molar-refractivity contribution is -0.122. The van der Waals surface area contributed by atoms with Crippen molar-refractivity contribution in [3.63, 3.8) is 0 Å². The maximum atomic E-state index is 11.6. The van der Waals surface area contributed by atoms with Crippen molar-refractivity contribution >= 4 is 18.3 Å². The minimum atomic E-state index is 0. The molecule has 1 rings (SSSR count). The standard InChI is InChI=1S/C12H24N2O.ClH/c1-12(2,3)9-14-11(15)8-10-4-6-13-7-5-10;/h10,13H,4-9H2,1-3H3,(H,14,15);1H. The first kappa shape index (κ1) is 15.7. The molecule has 0 aromatic heterocycles. The number of hydrogen-bond acceptors (Lipinski definition) is 2. The lowest BCUT2D eigenvalue weighted by Crippen LogP contribution is -2.35. The molecular weight excluding hydrogens is 224 g/mol. The molecule has 1 heterocycles. The second-order valence-corrected chi connectivity index (χ2v) is 5.73. The van der Waals surface area contributed by atoms with Gasteiger partial charge < -0.3 is 10.6 Å². The van der Waals surface area contributed by atoms with E-state index in [0.29, 0.717) is 12.3 Å². The van der Waals surface area contributed by atoms with Crippen LogP contribution in [-0.2, 0) is 4.79 Å². The summed E-state index contributed by atoms with van der Waals surface area (Å²) in [6.45, 7) is 9.32. The highest BCUT2D eigenvalue weighted by molar-refractivity contribution is 5.85. The Kier molecular flexibility index (Phi) is 7.00. The second-order valence-electron chi connectivity index (χ2n) is 5.73. The third-order valence-electron chi connectivity index (χ3n) is 2.75. The van der Waals surface area contributed by atoms with Crippen LogP contribution in [-0.4, -0.2) is 25.5 Å². The lowest BCUT2D eigenvalue weighted by Gasteiger charge is -2.23. The summed E-state index contributed by atoms with van der Waals surface area (Å²) in [5.74, 6) is 0.808. The van der Waals surface area contributed by atoms with Crippen LogP contribution in [0.2, 0.25) is 0 Å². The monoisotopic (exact) mass is 248 g/mol. The van der Waals surface area contributed by atoms with Crippen LogP contribution in [0.4, 0.5) is 0 Å². The molecule has 1 amide bonds. The number of carbonyl (C=O) groups is 1. The van der Waals surface area contributed by atoms with Crippen LogP contribution in [0.5, 0.6) is 0 Å². The van der Waals surface area contributed by atoms with Crippen molar-refractivity contribution in [2.75, 3.05) is 19.6 Å². The minimum absolute atomic E-state index is 0. The van der Waals surface area contributed by atoms with E-state index in [4.69, 9.17) is 0 Å². The number of hydrogen-bond donors (Lipinski definition) is 2. The molecule has 1 aliphatic rings. The van der Waals surface area contributed by atoms with Crippen LogP contribution in [0.3, 0.4) is 0 Å². The van der Waals surface area contributed by atoms with E-state index in [1.165, 1.54) is 0 Å². The van der Waals surface area contributed by atoms with Crippen molar-refractivity contribution in [2.45, 2.75) is 40.0 Å². The largest absolute Gasteiger partial charge is 0.356 e. The number of carbonyl (C=O) groups excluding carboxylic acids is 1. The maximum Gasteiger partial charge on any atom is 0.220 e. The van der Waals surface area contributed by atoms with E-state index in [1.54, 1.807) is 0 Å². The normalized spacial score (nSPS) is 17.7. The number of nitrogens with one attached hydrogen (secondary N) is 2. The van der Waals surface area contributed by atoms with E-state index >= 15 is 0 Å². The molecule has 16 heavy (non-hydrogen) atoms. The average molecular weight is 249 g/mol. The van der Waals surface area contributed by atoms with Gasteiger partial charge in [0.05, 0.1) is 0 Å². The fourth-order valence-corrected chi connectivity index (χ4v) is 1.78. The van der Waals surface area contributed by atoms with Crippen molar-refractivity contribution < 1.29 is 4.79 Å². The molecule has 96 valence electrons. The van der Waals surface area contributed by atoms with Crippen molar-refractivity contribution in [1.29, 1.82) is 0 Å². The third-order valence-corrected chi connectivity index (χ3v) is 2.75. The van der Waals surface area contributed by atoms with Crippen molar-refractivity contribution in [3.8, 4) is 0 Å². The first-order valence-electron chi connectivity index (χ1n) is 5.95. The highest BCUT2D eigenvalue weighted by Gasteiger charge is 2.18. The molecule has 3 nitrogen and oxygen atoms in total. The molecule has 0 radical (unpaired) electrons. The topological polar surface area (TPSA) is 41.1 Å². The Morgan fingerprint density at radius 1 is 1.31 bits per heavy atom. The molecule has 4 heteroatoms. The van der Waals surface area contributed by atoms with E-state index in [2.05, 4.69) is 31.4 Å². The Balaban J connectivity index is 0.00000225. The van der Waals surface area contributed by atoms with Crippen LogP contribution >= 0.6 is 12.4 Å². The van der Waals surface area contributed by atoms with Gasteiger partial charge in [0, 0.05) is 13.0 Å². The number of amides is 1. The summed E-state index contributed by atoms with van der Waals surface area (Å²) in [7, 11) is 0. The fraction of sp³-hybridized carbons (Fsp3) is 0.917. The number of rotatable bonds is 3. The number of piperidine rings is 1. The summed E-state index contributed by atoms with van der Waals surface area (Å²) in [6, 6.07) is 0. The molecule has 0 spiro atoms. The molecule has 2 N–H and O–H groups in total. The summed E-state index contributed by atoms with van der Waals surface area (Å²) in [4.78, 5) is 11.6. The second kappa shape index (κ2) is 7.13. The Hall–Kier alpha value is -0.280. The predicted molar refractivity (Wildman–Crippen MR) is 69.9 cm³/mol. The first-order chi connectivity index (χ1) is 6.97. The van der Waals surface area contributed by atoms with Gasteiger partial charge in [-0.3, -0.25) is 4.79 Å². The van der Waals surface area contributed by atoms with Gasteiger partial charge in [0.25, 0.3) is 0 Å². The van der Waals surface area contributed by atoms with E-state index in [9.17, 15) is 4.79 Å². The molecule has 0 unspecified atom stereocenters. The third kappa shape index (κ3) is 7.07. The molecule has 1 fully saturated rings. The molecule has 0 saturated carbocycles. The SMILES string of the molecule is CC(C)(C)CNC(=O)CC1CCNCC1.Cl. The van der Waals surface area contributed by atoms with Gasteiger partial charge in [0.1, 0.15) is 0 Å². The molecule has 1 saturated heterocycles. The summed E-state index contributed by atoms with van der Waals surface area (Å²) in [6.07, 6.45) is 2.99. The van der Waals surface area contributed by atoms with Gasteiger partial charge >= 0.3 is 0 Å². The van der Waals surface area contributed by atoms with Gasteiger partial charge in [-0.25, -0.2) is 0 Å². The summed E-state index contributed by atoms with van der Waals surface area (Å²) in [5.41, 5.74) is 0.184. The van der Waals surface area contributed by atoms with E-state index in [0.717, 1.165) is 32.5 Å². The van der Waals surface area contributed by atoms with Gasteiger partial charge in [-0.15, -0.1) is 12.4 Å². The highest BCUT2D eigenvalue weighted by atomic mass is 35.5. The van der Waals surface area contributed by atoms with Crippen LogP contribution < -0.4 is 10.6 Å². The highest BCUT2D eigenvalue weighted by Crippen LogP contribution is 2.16. The summed E-state index contributed by atoms with van der Waals surface area (Å²) < 4.78 is 0. The van der Waals surface area contributed by atoms with Gasteiger partial charge in [0.2, 0.25) is 5.91 Å². The van der Waals surface area contributed by atoms with Crippen molar-refractivity contribution in [2.24, 2.45) is 11.3 Å². The zero-order chi connectivity index (χ0) is 11.3. The Labute approximate surface area is 105 Å². The molecule has 0 aromatic rings. The Bertz CT molecular complexity index is 208. The van der Waals surface area contributed by atoms with Gasteiger partial charge in [0.15, 0.2) is 0 Å². The number of halogens is 1. The van der Waals surface area contributed by atoms with Crippen LogP contribution in [0.15, 0.2) is 0 Å². The van der Waals surface area contributed by atoms with Gasteiger partial charge in [-0.1, -0.05) is 20.8 Å². The first-order valence-corrected chi connectivity index (χ1v) is 5.95. The zero-order valence-electron chi connectivity index (χ0n) is 10.6. The van der Waals surface area contributed by atoms with E-state index < -0.39 is 0 Å². The molecule has 0 aliphatic carbocycles. The van der Waals surface area contributed by atoms with Crippen LogP contribution in [0.25, 0.3) is 0 Å². The zero-order valence-corrected chi connectivity index (χ0v) is 11.5. The quantitative estimate of drug-likeness (QED) is 0.802. The lowest BCUT2D eigenvalue weighted by atomic mass is 9.93. The van der Waals surface area contributed by atoms with E-state index in [1.807, 2.05) is 0 Å². The molecule has 0 atom stereocenters. The van der Waals surface area contributed by atoms with Gasteiger partial charge in [-0.05, 0) is 37.3 Å². The van der Waals surface area contributed by atoms with Crippen LogP contribution in [0, 0.1) is 11.3 Å². The minimum Gasteiger partial charge on any atom is -0.356 e. The summed E-state index contributed by atoms with van der Waals surface area (Å²) in [5, 5.41) is 6.32. The molecule has 0 aromatic carbocycles. The average Bonchev–Trinajstić information content (AvgIpc) is 2.15. The Morgan fingerprint density at radius 3 is 2.38 bits per heavy atom. The molecule has 0 bridgehead atoms. The van der Waals surface area contributed by atoms with E-state index in [-0.39, 0.29) is 23.7 Å². The van der Waals surface area contributed by atoms with Crippen molar-refractivity contribution in [1.82, 2.24) is 10.6 Å². The molecule has 1 aliphatic heterocycles. The molecular formula is C12H25ClN2O. The van der Waals surface area contributed by atoms with Crippen LogP contribution in [0.1, 0.15) is 40.0 Å². The maximum absolute atomic E-state index is 11.6. The van der Waals surface area contributed by atoms with Gasteiger partial charge in [-0.2, -0.15) is 0 Å². The fourth-order valence-electron chi connectivity index (χ4n) is 1.78.